The highest BCUT2D eigenvalue weighted by Gasteiger charge is 2.26. The number of ether oxygens (including phenoxy) is 1. The maximum absolute atomic E-state index is 12.5. The number of nitro benzene ring substituents is 1. The van der Waals surface area contributed by atoms with Crippen LogP contribution in [-0.4, -0.2) is 28.7 Å². The van der Waals surface area contributed by atoms with E-state index >= 15 is 0 Å². The average molecular weight is 426 g/mol. The average Bonchev–Trinajstić information content (AvgIpc) is 2.71. The van der Waals surface area contributed by atoms with E-state index in [0.29, 0.717) is 5.56 Å². The van der Waals surface area contributed by atoms with Crippen LogP contribution in [0.2, 0.25) is 0 Å². The van der Waals surface area contributed by atoms with E-state index < -0.39 is 22.8 Å². The van der Waals surface area contributed by atoms with Crippen LogP contribution in [0.3, 0.4) is 0 Å². The maximum Gasteiger partial charge on any atom is 0.308 e. The molecule has 2 rings (SSSR count). The first-order chi connectivity index (χ1) is 14.7. The molecule has 0 fully saturated rings. The van der Waals surface area contributed by atoms with Crippen LogP contribution in [0.4, 0.5) is 5.69 Å². The third-order valence-electron chi connectivity index (χ3n) is 4.53. The number of rotatable bonds is 10. The lowest BCUT2D eigenvalue weighted by Crippen LogP contribution is -2.31. The minimum Gasteiger partial charge on any atom is -0.463 e. The van der Waals surface area contributed by atoms with Crippen molar-refractivity contribution in [3.8, 4) is 0 Å². The summed E-state index contributed by atoms with van der Waals surface area (Å²) < 4.78 is 5.14. The van der Waals surface area contributed by atoms with Gasteiger partial charge in [0.05, 0.1) is 29.1 Å². The van der Waals surface area contributed by atoms with E-state index in [0.717, 1.165) is 5.56 Å². The fourth-order valence-corrected chi connectivity index (χ4v) is 3.04. The zero-order chi connectivity index (χ0) is 23.0. The highest BCUT2D eigenvalue weighted by Crippen LogP contribution is 2.27. The molecule has 0 radical (unpaired) electrons. The van der Waals surface area contributed by atoms with Crippen molar-refractivity contribution in [1.82, 2.24) is 5.32 Å². The summed E-state index contributed by atoms with van der Waals surface area (Å²) in [7, 11) is 0. The van der Waals surface area contributed by atoms with Crippen molar-refractivity contribution < 1.29 is 24.0 Å². The Labute approximate surface area is 180 Å². The number of esters is 1. The smallest absolute Gasteiger partial charge is 0.308 e. The second kappa shape index (κ2) is 11.0. The molecule has 0 bridgehead atoms. The van der Waals surface area contributed by atoms with Crippen LogP contribution in [0.25, 0.3) is 0 Å². The van der Waals surface area contributed by atoms with E-state index in [1.54, 1.807) is 32.0 Å². The molecule has 164 valence electrons. The molecule has 0 aliphatic rings. The lowest BCUT2D eigenvalue weighted by Gasteiger charge is -2.19. The SMILES string of the molecule is Cc1ccc(C(=O)CCC(=O)NC(CC(=O)OC(C)C)c2ccccc2[N+](=O)[O-])cc1. The van der Waals surface area contributed by atoms with Crippen molar-refractivity contribution in [2.45, 2.75) is 52.2 Å². The van der Waals surface area contributed by atoms with Crippen LogP contribution in [0.1, 0.15) is 60.6 Å². The summed E-state index contributed by atoms with van der Waals surface area (Å²) in [5.74, 6) is -1.26. The largest absolute Gasteiger partial charge is 0.463 e. The summed E-state index contributed by atoms with van der Waals surface area (Å²) in [6.45, 7) is 5.29. The molecule has 1 unspecified atom stereocenters. The fourth-order valence-electron chi connectivity index (χ4n) is 3.04. The molecule has 0 spiro atoms. The number of hydrogen-bond acceptors (Lipinski definition) is 6. The molecule has 0 aliphatic heterocycles. The first-order valence-corrected chi connectivity index (χ1v) is 9.99. The van der Waals surface area contributed by atoms with Crippen molar-refractivity contribution in [2.75, 3.05) is 0 Å². The van der Waals surface area contributed by atoms with E-state index in [-0.39, 0.29) is 42.4 Å². The quantitative estimate of drug-likeness (QED) is 0.265. The Balaban J connectivity index is 2.12. The van der Waals surface area contributed by atoms with Gasteiger partial charge in [-0.15, -0.1) is 0 Å². The van der Waals surface area contributed by atoms with Gasteiger partial charge in [-0.25, -0.2) is 0 Å². The number of hydrogen-bond donors (Lipinski definition) is 1. The number of nitrogens with one attached hydrogen (secondary N) is 1. The molecule has 0 aromatic heterocycles. The normalized spacial score (nSPS) is 11.6. The van der Waals surface area contributed by atoms with Crippen LogP contribution < -0.4 is 5.32 Å². The number of carbonyl (C=O) groups excluding carboxylic acids is 3. The first kappa shape index (κ1) is 23.7. The molecule has 8 nitrogen and oxygen atoms in total. The molecular weight excluding hydrogens is 400 g/mol. The third-order valence-corrected chi connectivity index (χ3v) is 4.53. The Morgan fingerprint density at radius 1 is 1.03 bits per heavy atom. The number of Topliss-reactive ketones (excluding diaryl/α,β-unsaturated/α-hetero) is 1. The lowest BCUT2D eigenvalue weighted by molar-refractivity contribution is -0.385. The van der Waals surface area contributed by atoms with E-state index in [4.69, 9.17) is 4.74 Å². The summed E-state index contributed by atoms with van der Waals surface area (Å²) in [4.78, 5) is 47.8. The summed E-state index contributed by atoms with van der Waals surface area (Å²) in [5.41, 5.74) is 1.52. The van der Waals surface area contributed by atoms with E-state index in [1.165, 1.54) is 18.2 Å². The Bertz CT molecular complexity index is 953. The van der Waals surface area contributed by atoms with Gasteiger partial charge in [0.15, 0.2) is 5.78 Å². The standard InChI is InChI=1S/C23H26N2O6/c1-15(2)31-23(28)14-19(18-6-4-5-7-20(18)25(29)30)24-22(27)13-12-21(26)17-10-8-16(3)9-11-17/h4-11,15,19H,12-14H2,1-3H3,(H,24,27). The van der Waals surface area contributed by atoms with Gasteiger partial charge < -0.3 is 10.1 Å². The Morgan fingerprint density at radius 3 is 2.29 bits per heavy atom. The number of para-hydroxylation sites is 1. The molecule has 1 atom stereocenters. The molecular formula is C23H26N2O6. The molecule has 2 aromatic rings. The lowest BCUT2D eigenvalue weighted by atomic mass is 10.0. The van der Waals surface area contributed by atoms with Gasteiger partial charge in [0, 0.05) is 24.5 Å². The number of nitrogens with zero attached hydrogens (tertiary/aromatic N) is 1. The summed E-state index contributed by atoms with van der Waals surface area (Å²) in [6.07, 6.45) is -0.750. The number of carbonyl (C=O) groups is 3. The molecule has 1 N–H and O–H groups in total. The Kier molecular flexibility index (Phi) is 8.43. The fraction of sp³-hybridized carbons (Fsp3) is 0.348. The predicted octanol–water partition coefficient (Wildman–Crippen LogP) is 4.07. The monoisotopic (exact) mass is 426 g/mol. The van der Waals surface area contributed by atoms with E-state index in [2.05, 4.69) is 5.32 Å². The van der Waals surface area contributed by atoms with Gasteiger partial charge >= 0.3 is 5.97 Å². The minimum atomic E-state index is -0.949. The number of ketones is 1. The summed E-state index contributed by atoms with van der Waals surface area (Å²) >= 11 is 0. The van der Waals surface area contributed by atoms with Crippen LogP contribution in [0.15, 0.2) is 48.5 Å². The summed E-state index contributed by atoms with van der Waals surface area (Å²) in [6, 6.07) is 12.0. The topological polar surface area (TPSA) is 116 Å². The van der Waals surface area contributed by atoms with E-state index in [1.807, 2.05) is 19.1 Å². The highest BCUT2D eigenvalue weighted by atomic mass is 16.6. The van der Waals surface area contributed by atoms with E-state index in [9.17, 15) is 24.5 Å². The van der Waals surface area contributed by atoms with Crippen molar-refractivity contribution in [2.24, 2.45) is 0 Å². The van der Waals surface area contributed by atoms with Gasteiger partial charge in [-0.05, 0) is 20.8 Å². The van der Waals surface area contributed by atoms with Gasteiger partial charge in [0.1, 0.15) is 0 Å². The van der Waals surface area contributed by atoms with Crippen LogP contribution in [-0.2, 0) is 14.3 Å². The van der Waals surface area contributed by atoms with Crippen molar-refractivity contribution in [3.63, 3.8) is 0 Å². The molecule has 0 heterocycles. The van der Waals surface area contributed by atoms with Crippen LogP contribution in [0.5, 0.6) is 0 Å². The maximum atomic E-state index is 12.5. The number of aryl methyl sites for hydroxylation is 1. The van der Waals surface area contributed by atoms with Gasteiger partial charge in [-0.3, -0.25) is 24.5 Å². The molecule has 0 saturated heterocycles. The van der Waals surface area contributed by atoms with Crippen LogP contribution >= 0.6 is 0 Å². The summed E-state index contributed by atoms with van der Waals surface area (Å²) in [5, 5.41) is 14.1. The highest BCUT2D eigenvalue weighted by molar-refractivity contribution is 5.98. The number of amides is 1. The zero-order valence-electron chi connectivity index (χ0n) is 17.8. The molecule has 1 amide bonds. The van der Waals surface area contributed by atoms with Gasteiger partial charge in [-0.1, -0.05) is 48.0 Å². The van der Waals surface area contributed by atoms with Crippen LogP contribution in [0, 0.1) is 17.0 Å². The molecule has 8 heteroatoms. The third kappa shape index (κ3) is 7.33. The van der Waals surface area contributed by atoms with Crippen molar-refractivity contribution >= 4 is 23.3 Å². The first-order valence-electron chi connectivity index (χ1n) is 9.99. The Hall–Kier alpha value is -3.55. The number of nitro groups is 1. The van der Waals surface area contributed by atoms with Gasteiger partial charge in [-0.2, -0.15) is 0 Å². The van der Waals surface area contributed by atoms with Crippen molar-refractivity contribution in [3.05, 3.63) is 75.3 Å². The second-order valence-electron chi connectivity index (χ2n) is 7.47. The molecule has 0 saturated carbocycles. The molecule has 2 aromatic carbocycles. The molecule has 31 heavy (non-hydrogen) atoms. The molecule has 0 aliphatic carbocycles. The second-order valence-corrected chi connectivity index (χ2v) is 7.47. The zero-order valence-corrected chi connectivity index (χ0v) is 17.8. The van der Waals surface area contributed by atoms with Gasteiger partial charge in [0.25, 0.3) is 5.69 Å². The predicted molar refractivity (Wildman–Crippen MR) is 115 cm³/mol. The Morgan fingerprint density at radius 2 is 1.68 bits per heavy atom. The minimum absolute atomic E-state index is 0.0189. The number of benzene rings is 2. The van der Waals surface area contributed by atoms with Gasteiger partial charge in [0.2, 0.25) is 5.91 Å². The van der Waals surface area contributed by atoms with Crippen molar-refractivity contribution in [1.29, 1.82) is 0 Å².